The highest BCUT2D eigenvalue weighted by Gasteiger charge is 2.36. The van der Waals surface area contributed by atoms with Crippen molar-refractivity contribution in [2.45, 2.75) is 63.6 Å². The third-order valence-electron chi connectivity index (χ3n) is 2.91. The summed E-state index contributed by atoms with van der Waals surface area (Å²) in [6.07, 6.45) is 12.6. The summed E-state index contributed by atoms with van der Waals surface area (Å²) in [7, 11) is 0. The van der Waals surface area contributed by atoms with Crippen molar-refractivity contribution in [3.63, 3.8) is 0 Å². The van der Waals surface area contributed by atoms with Crippen LogP contribution in [-0.2, 0) is 4.74 Å². The lowest BCUT2D eigenvalue weighted by atomic mass is 10.0. The molecule has 0 aromatic carbocycles. The van der Waals surface area contributed by atoms with Crippen molar-refractivity contribution >= 4 is 0 Å². The summed E-state index contributed by atoms with van der Waals surface area (Å²) in [4.78, 5) is 0. The topological polar surface area (TPSA) is 12.5 Å². The zero-order valence-corrected chi connectivity index (χ0v) is 7.22. The summed E-state index contributed by atoms with van der Waals surface area (Å²) in [5.41, 5.74) is 0. The van der Waals surface area contributed by atoms with E-state index in [9.17, 15) is 0 Å². The van der Waals surface area contributed by atoms with E-state index in [1.807, 2.05) is 0 Å². The Bertz CT molecular complexity index is 108. The van der Waals surface area contributed by atoms with Gasteiger partial charge in [0.1, 0.15) is 0 Å². The Labute approximate surface area is 69.1 Å². The predicted molar refractivity (Wildman–Crippen MR) is 45.6 cm³/mol. The molecule has 11 heavy (non-hydrogen) atoms. The second kappa shape index (κ2) is 3.57. The molecule has 0 aromatic rings. The molecule has 1 heteroatoms. The summed E-state index contributed by atoms with van der Waals surface area (Å²) in [6, 6.07) is 0. The maximum Gasteiger partial charge on any atom is 0.0841 e. The van der Waals surface area contributed by atoms with E-state index in [0.717, 1.165) is 0 Å². The summed E-state index contributed by atoms with van der Waals surface area (Å²) >= 11 is 0. The smallest absolute Gasteiger partial charge is 0.0841 e. The second-order valence-corrected chi connectivity index (χ2v) is 3.91. The predicted octanol–water partition coefficient (Wildman–Crippen LogP) is 2.89. The van der Waals surface area contributed by atoms with Crippen LogP contribution in [0.25, 0.3) is 0 Å². The quantitative estimate of drug-likeness (QED) is 0.489. The first-order chi connectivity index (χ1) is 5.47. The Kier molecular flexibility index (Phi) is 2.47. The van der Waals surface area contributed by atoms with Crippen molar-refractivity contribution in [3.8, 4) is 0 Å². The number of hydrogen-bond donors (Lipinski definition) is 0. The summed E-state index contributed by atoms with van der Waals surface area (Å²) in [5.74, 6) is 0. The van der Waals surface area contributed by atoms with Crippen molar-refractivity contribution in [2.24, 2.45) is 0 Å². The van der Waals surface area contributed by atoms with Gasteiger partial charge in [0.05, 0.1) is 12.2 Å². The number of ether oxygens (including phenoxy) is 1. The number of epoxide rings is 1. The Balaban J connectivity index is 1.72. The highest BCUT2D eigenvalue weighted by Crippen LogP contribution is 2.32. The van der Waals surface area contributed by atoms with Crippen LogP contribution in [0.2, 0.25) is 0 Å². The first-order valence-corrected chi connectivity index (χ1v) is 5.12. The fourth-order valence-corrected chi connectivity index (χ4v) is 2.09. The van der Waals surface area contributed by atoms with Gasteiger partial charge < -0.3 is 4.74 Å². The van der Waals surface area contributed by atoms with Gasteiger partial charge in [0, 0.05) is 0 Å². The van der Waals surface area contributed by atoms with E-state index in [0.29, 0.717) is 12.2 Å². The van der Waals surface area contributed by atoms with Crippen molar-refractivity contribution < 1.29 is 4.74 Å². The molecule has 2 rings (SSSR count). The molecule has 0 unspecified atom stereocenters. The van der Waals surface area contributed by atoms with Crippen LogP contribution in [0.3, 0.4) is 0 Å². The van der Waals surface area contributed by atoms with Gasteiger partial charge in [-0.25, -0.2) is 0 Å². The average Bonchev–Trinajstić information content (AvgIpc) is 2.76. The van der Waals surface area contributed by atoms with Crippen LogP contribution in [0.15, 0.2) is 0 Å². The standard InChI is InChI=1S/C10H18O/c1-2-4-6-8-10-9(11-10)7-5-3-1/h9-10H,1-8H2/t9-,10-/m1/s1. The molecule has 0 spiro atoms. The van der Waals surface area contributed by atoms with Gasteiger partial charge in [-0.15, -0.1) is 0 Å². The molecule has 1 aliphatic heterocycles. The molecule has 0 aromatic heterocycles. The van der Waals surface area contributed by atoms with Crippen LogP contribution in [0.5, 0.6) is 0 Å². The molecule has 1 saturated carbocycles. The molecule has 2 aliphatic rings. The molecule has 1 aliphatic carbocycles. The van der Waals surface area contributed by atoms with Crippen LogP contribution in [0.1, 0.15) is 51.4 Å². The Morgan fingerprint density at radius 3 is 1.64 bits per heavy atom. The molecule has 2 fully saturated rings. The largest absolute Gasteiger partial charge is 0.370 e. The highest BCUT2D eigenvalue weighted by atomic mass is 16.6. The molecule has 2 atom stereocenters. The molecular weight excluding hydrogens is 136 g/mol. The number of fused-ring (bicyclic) bond motifs is 1. The zero-order chi connectivity index (χ0) is 7.52. The molecule has 64 valence electrons. The van der Waals surface area contributed by atoms with Crippen molar-refractivity contribution in [1.29, 1.82) is 0 Å². The second-order valence-electron chi connectivity index (χ2n) is 3.91. The van der Waals surface area contributed by atoms with E-state index in [-0.39, 0.29) is 0 Å². The molecule has 0 radical (unpaired) electrons. The monoisotopic (exact) mass is 154 g/mol. The summed E-state index contributed by atoms with van der Waals surface area (Å²) < 4.78 is 5.55. The van der Waals surface area contributed by atoms with E-state index >= 15 is 0 Å². The van der Waals surface area contributed by atoms with Crippen LogP contribution in [-0.4, -0.2) is 12.2 Å². The fraction of sp³-hybridized carbons (Fsp3) is 1.00. The lowest BCUT2D eigenvalue weighted by molar-refractivity contribution is 0.352. The fourth-order valence-electron chi connectivity index (χ4n) is 2.09. The maximum atomic E-state index is 5.55. The average molecular weight is 154 g/mol. The summed E-state index contributed by atoms with van der Waals surface area (Å²) in [5, 5.41) is 0. The van der Waals surface area contributed by atoms with Crippen molar-refractivity contribution in [2.75, 3.05) is 0 Å². The van der Waals surface area contributed by atoms with Gasteiger partial charge in [-0.2, -0.15) is 0 Å². The Morgan fingerprint density at radius 2 is 1.09 bits per heavy atom. The van der Waals surface area contributed by atoms with Crippen LogP contribution in [0.4, 0.5) is 0 Å². The van der Waals surface area contributed by atoms with Crippen LogP contribution in [0, 0.1) is 0 Å². The molecule has 0 bridgehead atoms. The molecule has 1 nitrogen and oxygen atoms in total. The van der Waals surface area contributed by atoms with Gasteiger partial charge in [-0.05, 0) is 12.8 Å². The van der Waals surface area contributed by atoms with Gasteiger partial charge in [-0.1, -0.05) is 38.5 Å². The van der Waals surface area contributed by atoms with Crippen molar-refractivity contribution in [1.82, 2.24) is 0 Å². The van der Waals surface area contributed by atoms with Gasteiger partial charge in [-0.3, -0.25) is 0 Å². The Hall–Kier alpha value is -0.0400. The zero-order valence-electron chi connectivity index (χ0n) is 7.22. The third-order valence-corrected chi connectivity index (χ3v) is 2.91. The lowest BCUT2D eigenvalue weighted by Crippen LogP contribution is -1.96. The molecule has 0 N–H and O–H groups in total. The van der Waals surface area contributed by atoms with Gasteiger partial charge >= 0.3 is 0 Å². The lowest BCUT2D eigenvalue weighted by Gasteiger charge is -2.02. The molecule has 1 heterocycles. The SMILES string of the molecule is C1CCCC[C@H]2O[C@@H]2CCC1. The highest BCUT2D eigenvalue weighted by molar-refractivity contribution is 4.84. The van der Waals surface area contributed by atoms with Gasteiger partial charge in [0.25, 0.3) is 0 Å². The first kappa shape index (κ1) is 7.60. The summed E-state index contributed by atoms with van der Waals surface area (Å²) in [6.45, 7) is 0. The molecule has 1 saturated heterocycles. The van der Waals surface area contributed by atoms with Crippen molar-refractivity contribution in [3.05, 3.63) is 0 Å². The van der Waals surface area contributed by atoms with Gasteiger partial charge in [0.2, 0.25) is 0 Å². The minimum atomic E-state index is 0.674. The minimum absolute atomic E-state index is 0.674. The normalized spacial score (nSPS) is 39.3. The first-order valence-electron chi connectivity index (χ1n) is 5.12. The van der Waals surface area contributed by atoms with Gasteiger partial charge in [0.15, 0.2) is 0 Å². The minimum Gasteiger partial charge on any atom is -0.370 e. The molecular formula is C10H18O. The van der Waals surface area contributed by atoms with E-state index in [2.05, 4.69) is 0 Å². The van der Waals surface area contributed by atoms with Crippen LogP contribution >= 0.6 is 0 Å². The number of rotatable bonds is 0. The van der Waals surface area contributed by atoms with E-state index in [1.54, 1.807) is 0 Å². The maximum absolute atomic E-state index is 5.55. The van der Waals surface area contributed by atoms with E-state index in [1.165, 1.54) is 51.4 Å². The Morgan fingerprint density at radius 1 is 0.636 bits per heavy atom. The van der Waals surface area contributed by atoms with E-state index < -0.39 is 0 Å². The molecule has 0 amide bonds. The number of hydrogen-bond acceptors (Lipinski definition) is 1. The van der Waals surface area contributed by atoms with E-state index in [4.69, 9.17) is 4.74 Å². The third kappa shape index (κ3) is 2.19. The van der Waals surface area contributed by atoms with Crippen LogP contribution < -0.4 is 0 Å².